The van der Waals surface area contributed by atoms with Gasteiger partial charge in [-0.15, -0.1) is 0 Å². The highest BCUT2D eigenvalue weighted by atomic mass is 79.9. The first-order valence-corrected chi connectivity index (χ1v) is 6.74. The van der Waals surface area contributed by atoms with Gasteiger partial charge in [0.15, 0.2) is 5.78 Å². The first-order chi connectivity index (χ1) is 9.70. The van der Waals surface area contributed by atoms with E-state index in [9.17, 15) is 22.4 Å². The number of alkyl halides is 3. The number of benzene rings is 2. The average molecular weight is 382 g/mol. The molecule has 7 heteroatoms. The van der Waals surface area contributed by atoms with Gasteiger partial charge in [-0.3, -0.25) is 4.79 Å². The molecular formula is C14H6BrClF4O. The SMILES string of the molecule is O=C(c1ccc(Cl)cc1F)c1ccc(Br)cc1C(F)(F)F. The predicted octanol–water partition coefficient (Wildman–Crippen LogP) is 5.49. The summed E-state index contributed by atoms with van der Waals surface area (Å²) in [6, 6.07) is 6.24. The van der Waals surface area contributed by atoms with Gasteiger partial charge < -0.3 is 0 Å². The van der Waals surface area contributed by atoms with Gasteiger partial charge in [0.1, 0.15) is 5.82 Å². The third-order valence-electron chi connectivity index (χ3n) is 2.71. The van der Waals surface area contributed by atoms with Crippen LogP contribution in [0.4, 0.5) is 17.6 Å². The van der Waals surface area contributed by atoms with Gasteiger partial charge in [-0.25, -0.2) is 4.39 Å². The molecule has 0 saturated carbocycles. The Morgan fingerprint density at radius 1 is 1.05 bits per heavy atom. The van der Waals surface area contributed by atoms with E-state index in [1.165, 1.54) is 12.1 Å². The minimum absolute atomic E-state index is 0.0518. The summed E-state index contributed by atoms with van der Waals surface area (Å²) in [5.41, 5.74) is -2.21. The molecule has 0 unspecified atom stereocenters. The molecule has 0 N–H and O–H groups in total. The summed E-state index contributed by atoms with van der Waals surface area (Å²) in [4.78, 5) is 12.2. The van der Waals surface area contributed by atoms with Gasteiger partial charge in [-0.2, -0.15) is 13.2 Å². The van der Waals surface area contributed by atoms with Crippen molar-refractivity contribution >= 4 is 33.3 Å². The fraction of sp³-hybridized carbons (Fsp3) is 0.0714. The fourth-order valence-electron chi connectivity index (χ4n) is 1.77. The number of carbonyl (C=O) groups is 1. The van der Waals surface area contributed by atoms with Gasteiger partial charge in [0.2, 0.25) is 0 Å². The highest BCUT2D eigenvalue weighted by molar-refractivity contribution is 9.10. The second kappa shape index (κ2) is 5.77. The molecule has 0 aromatic heterocycles. The van der Waals surface area contributed by atoms with E-state index in [1.807, 2.05) is 0 Å². The molecule has 2 aromatic carbocycles. The maximum absolute atomic E-state index is 13.7. The Kier molecular flexibility index (Phi) is 4.39. The molecule has 0 atom stereocenters. The molecule has 0 aliphatic carbocycles. The van der Waals surface area contributed by atoms with Crippen LogP contribution in [0.25, 0.3) is 0 Å². The molecule has 2 rings (SSSR count). The highest BCUT2D eigenvalue weighted by Crippen LogP contribution is 2.35. The lowest BCUT2D eigenvalue weighted by molar-refractivity contribution is -0.137. The van der Waals surface area contributed by atoms with Crippen molar-refractivity contribution in [2.24, 2.45) is 0 Å². The van der Waals surface area contributed by atoms with Crippen molar-refractivity contribution in [2.75, 3.05) is 0 Å². The average Bonchev–Trinajstić information content (AvgIpc) is 2.37. The molecule has 0 heterocycles. The maximum atomic E-state index is 13.7. The van der Waals surface area contributed by atoms with Gasteiger partial charge in [0, 0.05) is 15.1 Å². The molecule has 0 saturated heterocycles. The third-order valence-corrected chi connectivity index (χ3v) is 3.44. The second-order valence-electron chi connectivity index (χ2n) is 4.14. The summed E-state index contributed by atoms with van der Waals surface area (Å²) in [7, 11) is 0. The Morgan fingerprint density at radius 2 is 1.67 bits per heavy atom. The van der Waals surface area contributed by atoms with Crippen molar-refractivity contribution in [3.8, 4) is 0 Å². The van der Waals surface area contributed by atoms with Crippen LogP contribution < -0.4 is 0 Å². The summed E-state index contributed by atoms with van der Waals surface area (Å²) < 4.78 is 52.8. The van der Waals surface area contributed by atoms with Gasteiger partial charge in [0.25, 0.3) is 0 Å². The molecule has 0 aliphatic heterocycles. The van der Waals surface area contributed by atoms with Gasteiger partial charge in [-0.05, 0) is 36.4 Å². The zero-order chi connectivity index (χ0) is 15.8. The van der Waals surface area contributed by atoms with E-state index < -0.39 is 34.5 Å². The Hall–Kier alpha value is -1.40. The maximum Gasteiger partial charge on any atom is 0.417 e. The number of carbonyl (C=O) groups excluding carboxylic acids is 1. The molecule has 2 aromatic rings. The van der Waals surface area contributed by atoms with E-state index in [1.54, 1.807) is 0 Å². The summed E-state index contributed by atoms with van der Waals surface area (Å²) in [5.74, 6) is -2.02. The topological polar surface area (TPSA) is 17.1 Å². The van der Waals surface area contributed by atoms with Crippen molar-refractivity contribution in [1.29, 1.82) is 0 Å². The minimum Gasteiger partial charge on any atom is -0.288 e. The zero-order valence-electron chi connectivity index (χ0n) is 10.1. The summed E-state index contributed by atoms with van der Waals surface area (Å²) in [5, 5.41) is 0.0518. The van der Waals surface area contributed by atoms with E-state index in [0.717, 1.165) is 24.3 Å². The van der Waals surface area contributed by atoms with E-state index in [-0.39, 0.29) is 9.50 Å². The van der Waals surface area contributed by atoms with Gasteiger partial charge >= 0.3 is 6.18 Å². The van der Waals surface area contributed by atoms with Crippen molar-refractivity contribution < 1.29 is 22.4 Å². The zero-order valence-corrected chi connectivity index (χ0v) is 12.5. The number of halogens is 6. The monoisotopic (exact) mass is 380 g/mol. The quantitative estimate of drug-likeness (QED) is 0.496. The van der Waals surface area contributed by atoms with Crippen LogP contribution in [0.5, 0.6) is 0 Å². The van der Waals surface area contributed by atoms with Crippen LogP contribution in [-0.4, -0.2) is 5.78 Å². The van der Waals surface area contributed by atoms with Crippen LogP contribution in [0.3, 0.4) is 0 Å². The van der Waals surface area contributed by atoms with Gasteiger partial charge in [0.05, 0.1) is 11.1 Å². The highest BCUT2D eigenvalue weighted by Gasteiger charge is 2.36. The van der Waals surface area contributed by atoms with Crippen molar-refractivity contribution in [2.45, 2.75) is 6.18 Å². The Labute approximate surface area is 130 Å². The summed E-state index contributed by atoms with van der Waals surface area (Å²) >= 11 is 8.47. The molecule has 0 bridgehead atoms. The summed E-state index contributed by atoms with van der Waals surface area (Å²) in [6.07, 6.45) is -4.72. The number of hydrogen-bond acceptors (Lipinski definition) is 1. The Bertz CT molecular complexity index is 713. The van der Waals surface area contributed by atoms with Crippen LogP contribution >= 0.6 is 27.5 Å². The van der Waals surface area contributed by atoms with Crippen molar-refractivity contribution in [3.05, 3.63) is 68.4 Å². The molecule has 110 valence electrons. The molecule has 0 aliphatic rings. The minimum atomic E-state index is -4.72. The van der Waals surface area contributed by atoms with Crippen LogP contribution in [0.1, 0.15) is 21.5 Å². The summed E-state index contributed by atoms with van der Waals surface area (Å²) in [6.45, 7) is 0. The second-order valence-corrected chi connectivity index (χ2v) is 5.49. The number of hydrogen-bond donors (Lipinski definition) is 0. The van der Waals surface area contributed by atoms with Gasteiger partial charge in [-0.1, -0.05) is 27.5 Å². The van der Waals surface area contributed by atoms with Crippen LogP contribution in [0.2, 0.25) is 5.02 Å². The van der Waals surface area contributed by atoms with E-state index in [4.69, 9.17) is 11.6 Å². The Morgan fingerprint density at radius 3 is 2.24 bits per heavy atom. The molecule has 0 fully saturated rings. The largest absolute Gasteiger partial charge is 0.417 e. The van der Waals surface area contributed by atoms with Crippen LogP contribution in [0, 0.1) is 5.82 Å². The molecular weight excluding hydrogens is 376 g/mol. The molecule has 0 amide bonds. The first kappa shape index (κ1) is 16.0. The van der Waals surface area contributed by atoms with E-state index in [2.05, 4.69) is 15.9 Å². The lowest BCUT2D eigenvalue weighted by atomic mass is 9.98. The van der Waals surface area contributed by atoms with E-state index >= 15 is 0 Å². The molecule has 0 spiro atoms. The lowest BCUT2D eigenvalue weighted by Crippen LogP contribution is -2.14. The van der Waals surface area contributed by atoms with Crippen LogP contribution in [-0.2, 0) is 6.18 Å². The fourth-order valence-corrected chi connectivity index (χ4v) is 2.29. The number of rotatable bonds is 2. The van der Waals surface area contributed by atoms with Crippen molar-refractivity contribution in [3.63, 3.8) is 0 Å². The first-order valence-electron chi connectivity index (χ1n) is 5.56. The lowest BCUT2D eigenvalue weighted by Gasteiger charge is -2.13. The molecule has 21 heavy (non-hydrogen) atoms. The number of ketones is 1. The Balaban J connectivity index is 2.59. The smallest absolute Gasteiger partial charge is 0.288 e. The molecule has 0 radical (unpaired) electrons. The van der Waals surface area contributed by atoms with Crippen LogP contribution in [0.15, 0.2) is 40.9 Å². The van der Waals surface area contributed by atoms with Crippen molar-refractivity contribution in [1.82, 2.24) is 0 Å². The van der Waals surface area contributed by atoms with E-state index in [0.29, 0.717) is 0 Å². The molecule has 1 nitrogen and oxygen atoms in total. The normalized spacial score (nSPS) is 11.5. The standard InChI is InChI=1S/C14H6BrClF4O/c15-7-1-3-9(11(5-7)14(18,19)20)13(21)10-4-2-8(16)6-12(10)17/h1-6H. The predicted molar refractivity (Wildman–Crippen MR) is 74.0 cm³/mol. The third kappa shape index (κ3) is 3.44.